The van der Waals surface area contributed by atoms with Crippen molar-refractivity contribution in [2.24, 2.45) is 0 Å². The molecule has 0 bridgehead atoms. The van der Waals surface area contributed by atoms with Crippen molar-refractivity contribution in [3.8, 4) is 11.5 Å². The van der Waals surface area contributed by atoms with Crippen molar-refractivity contribution in [1.82, 2.24) is 19.7 Å². The molecule has 2 aliphatic heterocycles. The number of amides is 1. The number of aromatic nitrogens is 3. The fourth-order valence-electron chi connectivity index (χ4n) is 4.82. The van der Waals surface area contributed by atoms with Gasteiger partial charge in [-0.05, 0) is 50.1 Å². The second kappa shape index (κ2) is 13.7. The largest absolute Gasteiger partial charge is 0.493 e. The first-order valence-corrected chi connectivity index (χ1v) is 15.3. The maximum absolute atomic E-state index is 13.4. The van der Waals surface area contributed by atoms with Crippen molar-refractivity contribution in [2.45, 2.75) is 43.8 Å². The third kappa shape index (κ3) is 7.09. The van der Waals surface area contributed by atoms with Gasteiger partial charge in [-0.15, -0.1) is 5.10 Å². The van der Waals surface area contributed by atoms with E-state index in [2.05, 4.69) is 5.32 Å². The highest BCUT2D eigenvalue weighted by Crippen LogP contribution is 2.40. The molecule has 0 radical (unpaired) electrons. The van der Waals surface area contributed by atoms with E-state index in [1.54, 1.807) is 35.6 Å². The minimum Gasteiger partial charge on any atom is -0.493 e. The third-order valence-corrected chi connectivity index (χ3v) is 8.18. The molecule has 3 aromatic rings. The number of hydrogen-bond donors (Lipinski definition) is 1. The molecular weight excluding hydrogens is 594 g/mol. The third-order valence-electron chi connectivity index (χ3n) is 6.93. The maximum atomic E-state index is 13.4. The van der Waals surface area contributed by atoms with E-state index in [1.165, 1.54) is 18.9 Å². The van der Waals surface area contributed by atoms with Gasteiger partial charge in [-0.2, -0.15) is 4.98 Å². The molecule has 1 amide bonds. The standard InChI is InChI=1S/C30H34ClN5O6S/c1-18(2)42-28(38)26-19(3)32-29-33-30(43-17-21-7-5-6-8-22(21)31)34-36(29)27(26)20-9-10-23(24(15-20)39-4)41-16-25(37)35-11-13-40-14-12-35/h5-10,15,18,27H,11-14,16-17H2,1-4H3,(H,32,33,34). The molecule has 43 heavy (non-hydrogen) atoms. The molecule has 1 N–H and O–H groups in total. The molecule has 1 atom stereocenters. The number of ether oxygens (including phenoxy) is 4. The predicted octanol–water partition coefficient (Wildman–Crippen LogP) is 4.71. The molecule has 0 spiro atoms. The molecule has 0 saturated carbocycles. The summed E-state index contributed by atoms with van der Waals surface area (Å²) >= 11 is 7.79. The summed E-state index contributed by atoms with van der Waals surface area (Å²) < 4.78 is 24.2. The first-order valence-electron chi connectivity index (χ1n) is 13.9. The van der Waals surface area contributed by atoms with E-state index in [-0.39, 0.29) is 18.6 Å². The second-order valence-corrected chi connectivity index (χ2v) is 11.6. The zero-order chi connectivity index (χ0) is 30.5. The Hall–Kier alpha value is -3.74. The first kappa shape index (κ1) is 30.7. The number of nitrogens with zero attached hydrogens (tertiary/aromatic N) is 4. The average molecular weight is 628 g/mol. The number of nitrogens with one attached hydrogen (secondary N) is 1. The highest BCUT2D eigenvalue weighted by atomic mass is 35.5. The van der Waals surface area contributed by atoms with E-state index in [0.717, 1.165) is 5.56 Å². The van der Waals surface area contributed by atoms with Crippen molar-refractivity contribution < 1.29 is 28.5 Å². The van der Waals surface area contributed by atoms with Gasteiger partial charge in [0.1, 0.15) is 6.04 Å². The number of carbonyl (C=O) groups is 2. The quantitative estimate of drug-likeness (QED) is 0.250. The summed E-state index contributed by atoms with van der Waals surface area (Å²) in [6, 6.07) is 12.3. The van der Waals surface area contributed by atoms with E-state index in [4.69, 9.17) is 40.6 Å². The number of methoxy groups -OCH3 is 1. The number of allylic oxidation sites excluding steroid dienone is 1. The molecule has 1 unspecified atom stereocenters. The Morgan fingerprint density at radius 2 is 1.93 bits per heavy atom. The van der Waals surface area contributed by atoms with Crippen molar-refractivity contribution in [3.05, 3.63) is 69.9 Å². The van der Waals surface area contributed by atoms with Crippen molar-refractivity contribution in [2.75, 3.05) is 45.3 Å². The molecule has 0 aliphatic carbocycles. The van der Waals surface area contributed by atoms with Crippen LogP contribution in [0.1, 0.15) is 37.9 Å². The van der Waals surface area contributed by atoms with Gasteiger partial charge in [0.15, 0.2) is 18.1 Å². The van der Waals surface area contributed by atoms with Crippen LogP contribution in [-0.4, -0.2) is 77.7 Å². The number of hydrogen-bond acceptors (Lipinski definition) is 10. The lowest BCUT2D eigenvalue weighted by Gasteiger charge is -2.29. The lowest BCUT2D eigenvalue weighted by Crippen LogP contribution is -2.43. The van der Waals surface area contributed by atoms with Crippen LogP contribution >= 0.6 is 23.4 Å². The monoisotopic (exact) mass is 627 g/mol. The Morgan fingerprint density at radius 1 is 1.16 bits per heavy atom. The summed E-state index contributed by atoms with van der Waals surface area (Å²) in [7, 11) is 1.53. The van der Waals surface area contributed by atoms with Gasteiger partial charge < -0.3 is 29.2 Å². The van der Waals surface area contributed by atoms with Crippen LogP contribution in [0.25, 0.3) is 0 Å². The second-order valence-electron chi connectivity index (χ2n) is 10.3. The molecule has 228 valence electrons. The van der Waals surface area contributed by atoms with Crippen molar-refractivity contribution in [1.29, 1.82) is 0 Å². The SMILES string of the molecule is COc1cc(C2C(C(=O)OC(C)C)=C(C)Nc3nc(SCc4ccccc4Cl)nn32)ccc1OCC(=O)N1CCOCC1. The molecule has 3 heterocycles. The van der Waals surface area contributed by atoms with Gasteiger partial charge in [-0.1, -0.05) is 47.6 Å². The Kier molecular flexibility index (Phi) is 9.79. The lowest BCUT2D eigenvalue weighted by atomic mass is 9.95. The summed E-state index contributed by atoms with van der Waals surface area (Å²) in [5.41, 5.74) is 2.67. The van der Waals surface area contributed by atoms with Crippen LogP contribution in [0.15, 0.2) is 58.9 Å². The van der Waals surface area contributed by atoms with E-state index >= 15 is 0 Å². The number of carbonyl (C=O) groups excluding carboxylic acids is 2. The number of fused-ring (bicyclic) bond motifs is 1. The summed E-state index contributed by atoms with van der Waals surface area (Å²) in [4.78, 5) is 32.5. The van der Waals surface area contributed by atoms with E-state index in [9.17, 15) is 9.59 Å². The smallest absolute Gasteiger partial charge is 0.338 e. The van der Waals surface area contributed by atoms with Crippen molar-refractivity contribution in [3.63, 3.8) is 0 Å². The Bertz CT molecular complexity index is 1520. The summed E-state index contributed by atoms with van der Waals surface area (Å²) in [5, 5.41) is 9.19. The van der Waals surface area contributed by atoms with Gasteiger partial charge in [-0.25, -0.2) is 9.48 Å². The molecule has 1 aromatic heterocycles. The molecule has 5 rings (SSSR count). The number of halogens is 1. The van der Waals surface area contributed by atoms with Gasteiger partial charge in [-0.3, -0.25) is 4.79 Å². The van der Waals surface area contributed by atoms with E-state index in [1.807, 2.05) is 37.3 Å². The van der Waals surface area contributed by atoms with Gasteiger partial charge >= 0.3 is 5.97 Å². The highest BCUT2D eigenvalue weighted by Gasteiger charge is 2.36. The zero-order valence-electron chi connectivity index (χ0n) is 24.5. The number of morpholine rings is 1. The number of benzene rings is 2. The van der Waals surface area contributed by atoms with Crippen LogP contribution in [-0.2, 0) is 24.8 Å². The normalized spacial score (nSPS) is 16.5. The maximum Gasteiger partial charge on any atom is 0.338 e. The van der Waals surface area contributed by atoms with Gasteiger partial charge in [0.2, 0.25) is 11.1 Å². The topological polar surface area (TPSA) is 117 Å². The van der Waals surface area contributed by atoms with Gasteiger partial charge in [0.25, 0.3) is 5.91 Å². The highest BCUT2D eigenvalue weighted by molar-refractivity contribution is 7.98. The minimum atomic E-state index is -0.664. The molecule has 2 aliphatic rings. The summed E-state index contributed by atoms with van der Waals surface area (Å²) in [6.45, 7) is 7.38. The summed E-state index contributed by atoms with van der Waals surface area (Å²) in [6.07, 6.45) is -0.318. The van der Waals surface area contributed by atoms with Crippen LogP contribution < -0.4 is 14.8 Å². The molecular formula is C30H34ClN5O6S. The van der Waals surface area contributed by atoms with Crippen molar-refractivity contribution >= 4 is 41.2 Å². The summed E-state index contributed by atoms with van der Waals surface area (Å²) in [5.74, 6) is 1.29. The molecule has 1 fully saturated rings. The Balaban J connectivity index is 1.44. The van der Waals surface area contributed by atoms with Gasteiger partial charge in [0.05, 0.1) is 32.0 Å². The lowest BCUT2D eigenvalue weighted by molar-refractivity contribution is -0.143. The van der Waals surface area contributed by atoms with Gasteiger partial charge in [0, 0.05) is 29.6 Å². The van der Waals surface area contributed by atoms with Crippen LogP contribution in [0.2, 0.25) is 5.02 Å². The Labute approximate surface area is 259 Å². The molecule has 2 aromatic carbocycles. The van der Waals surface area contributed by atoms with Crippen LogP contribution in [0.5, 0.6) is 11.5 Å². The molecule has 11 nitrogen and oxygen atoms in total. The Morgan fingerprint density at radius 3 is 2.65 bits per heavy atom. The average Bonchev–Trinajstić information content (AvgIpc) is 3.41. The van der Waals surface area contributed by atoms with Crippen LogP contribution in [0.3, 0.4) is 0 Å². The number of rotatable bonds is 10. The van der Waals surface area contributed by atoms with E-state index in [0.29, 0.717) is 76.5 Å². The zero-order valence-corrected chi connectivity index (χ0v) is 26.0. The van der Waals surface area contributed by atoms with E-state index < -0.39 is 12.0 Å². The number of anilines is 1. The van der Waals surface area contributed by atoms with Crippen LogP contribution in [0.4, 0.5) is 5.95 Å². The molecule has 1 saturated heterocycles. The fraction of sp³-hybridized carbons (Fsp3) is 0.400. The number of thioether (sulfide) groups is 1. The predicted molar refractivity (Wildman–Crippen MR) is 163 cm³/mol. The number of esters is 1. The molecule has 13 heteroatoms. The van der Waals surface area contributed by atoms with Crippen LogP contribution in [0, 0.1) is 0 Å². The first-order chi connectivity index (χ1) is 20.7. The minimum absolute atomic E-state index is 0.126. The fourth-order valence-corrected chi connectivity index (χ4v) is 5.93.